The maximum absolute atomic E-state index is 12.6. The molecule has 0 aliphatic rings. The van der Waals surface area contributed by atoms with E-state index in [1.165, 1.54) is 20.1 Å². The van der Waals surface area contributed by atoms with Crippen molar-refractivity contribution in [1.29, 1.82) is 0 Å². The third-order valence-electron chi connectivity index (χ3n) is 4.30. The maximum Gasteiger partial charge on any atom is 0.329 e. The Labute approximate surface area is 164 Å². The molecular weight excluding hydrogens is 378 g/mol. The third-order valence-corrected chi connectivity index (χ3v) is 6.01. The lowest BCUT2D eigenvalue weighted by Gasteiger charge is -2.15. The Bertz CT molecular complexity index is 1120. The number of carbonyl (C=O) groups is 1. The summed E-state index contributed by atoms with van der Waals surface area (Å²) in [4.78, 5) is 12.6. The second-order valence-corrected chi connectivity index (χ2v) is 8.06. The SMILES string of the molecule is COc1cc(OC(=O)[C@H](C)NS(=O)(=O)c2ccccc2C)cc2ccccc12. The van der Waals surface area contributed by atoms with Gasteiger partial charge in [0.2, 0.25) is 10.0 Å². The van der Waals surface area contributed by atoms with Crippen LogP contribution in [-0.2, 0) is 14.8 Å². The van der Waals surface area contributed by atoms with Gasteiger partial charge in [0.1, 0.15) is 17.5 Å². The van der Waals surface area contributed by atoms with Crippen molar-refractivity contribution in [2.75, 3.05) is 7.11 Å². The number of esters is 1. The molecule has 0 saturated heterocycles. The highest BCUT2D eigenvalue weighted by Crippen LogP contribution is 2.31. The molecule has 0 radical (unpaired) electrons. The van der Waals surface area contributed by atoms with Crippen LogP contribution in [0.15, 0.2) is 65.6 Å². The molecule has 0 unspecified atom stereocenters. The van der Waals surface area contributed by atoms with Gasteiger partial charge >= 0.3 is 5.97 Å². The van der Waals surface area contributed by atoms with Crippen LogP contribution in [-0.4, -0.2) is 27.5 Å². The number of hydrogen-bond donors (Lipinski definition) is 1. The van der Waals surface area contributed by atoms with Crippen LogP contribution < -0.4 is 14.2 Å². The van der Waals surface area contributed by atoms with E-state index in [1.807, 2.05) is 24.3 Å². The normalized spacial score (nSPS) is 12.5. The summed E-state index contributed by atoms with van der Waals surface area (Å²) in [6.07, 6.45) is 0. The van der Waals surface area contributed by atoms with Gasteiger partial charge in [-0.15, -0.1) is 0 Å². The molecule has 0 spiro atoms. The van der Waals surface area contributed by atoms with Gasteiger partial charge in [0.25, 0.3) is 0 Å². The number of methoxy groups -OCH3 is 1. The molecule has 3 aromatic carbocycles. The van der Waals surface area contributed by atoms with Crippen molar-refractivity contribution in [3.63, 3.8) is 0 Å². The number of sulfonamides is 1. The summed E-state index contributed by atoms with van der Waals surface area (Å²) in [6, 6.07) is 16.3. The van der Waals surface area contributed by atoms with E-state index >= 15 is 0 Å². The van der Waals surface area contributed by atoms with Crippen molar-refractivity contribution < 1.29 is 22.7 Å². The zero-order valence-electron chi connectivity index (χ0n) is 15.8. The van der Waals surface area contributed by atoms with E-state index in [0.29, 0.717) is 11.3 Å². The van der Waals surface area contributed by atoms with Gasteiger partial charge < -0.3 is 9.47 Å². The van der Waals surface area contributed by atoms with Crippen molar-refractivity contribution in [1.82, 2.24) is 4.72 Å². The van der Waals surface area contributed by atoms with Crippen LogP contribution in [0.4, 0.5) is 0 Å². The molecule has 1 atom stereocenters. The summed E-state index contributed by atoms with van der Waals surface area (Å²) < 4.78 is 38.2. The van der Waals surface area contributed by atoms with E-state index in [2.05, 4.69) is 4.72 Å². The van der Waals surface area contributed by atoms with Gasteiger partial charge in [-0.25, -0.2) is 13.2 Å². The Morgan fingerprint density at radius 3 is 2.43 bits per heavy atom. The molecule has 7 heteroatoms. The lowest BCUT2D eigenvalue weighted by molar-refractivity contribution is -0.135. The average Bonchev–Trinajstić information content (AvgIpc) is 2.67. The molecule has 1 N–H and O–H groups in total. The molecule has 3 aromatic rings. The number of rotatable bonds is 6. The van der Waals surface area contributed by atoms with Gasteiger partial charge in [0.05, 0.1) is 12.0 Å². The molecule has 6 nitrogen and oxygen atoms in total. The quantitative estimate of drug-likeness (QED) is 0.507. The number of fused-ring (bicyclic) bond motifs is 1. The van der Waals surface area contributed by atoms with Crippen LogP contribution in [0.3, 0.4) is 0 Å². The topological polar surface area (TPSA) is 81.7 Å². The van der Waals surface area contributed by atoms with Crippen LogP contribution in [0.5, 0.6) is 11.5 Å². The number of carbonyl (C=O) groups excluding carboxylic acids is 1. The smallest absolute Gasteiger partial charge is 0.329 e. The molecule has 0 fully saturated rings. The number of ether oxygens (including phenoxy) is 2. The number of aryl methyl sites for hydroxylation is 1. The van der Waals surface area contributed by atoms with Crippen LogP contribution in [0, 0.1) is 6.92 Å². The van der Waals surface area contributed by atoms with E-state index in [9.17, 15) is 13.2 Å². The second kappa shape index (κ2) is 8.00. The maximum atomic E-state index is 12.6. The molecule has 0 saturated carbocycles. The molecule has 0 amide bonds. The minimum absolute atomic E-state index is 0.127. The first-order chi connectivity index (χ1) is 13.3. The Morgan fingerprint density at radius 1 is 1.04 bits per heavy atom. The van der Waals surface area contributed by atoms with E-state index in [4.69, 9.17) is 9.47 Å². The molecule has 0 aliphatic heterocycles. The van der Waals surface area contributed by atoms with Crippen molar-refractivity contribution >= 4 is 26.8 Å². The van der Waals surface area contributed by atoms with Gasteiger partial charge in [-0.3, -0.25) is 0 Å². The summed E-state index contributed by atoms with van der Waals surface area (Å²) in [5.41, 5.74) is 0.592. The van der Waals surface area contributed by atoms with Gasteiger partial charge in [-0.2, -0.15) is 4.72 Å². The summed E-state index contributed by atoms with van der Waals surface area (Å²) in [5.74, 6) is 0.131. The Balaban J connectivity index is 1.79. The zero-order chi connectivity index (χ0) is 20.3. The van der Waals surface area contributed by atoms with E-state index < -0.39 is 22.0 Å². The first-order valence-electron chi connectivity index (χ1n) is 8.68. The summed E-state index contributed by atoms with van der Waals surface area (Å²) in [7, 11) is -2.32. The molecule has 146 valence electrons. The Kier molecular flexibility index (Phi) is 5.67. The van der Waals surface area contributed by atoms with E-state index in [1.54, 1.807) is 37.3 Å². The molecule has 0 heterocycles. The Morgan fingerprint density at radius 2 is 1.71 bits per heavy atom. The van der Waals surface area contributed by atoms with Crippen LogP contribution in [0.2, 0.25) is 0 Å². The van der Waals surface area contributed by atoms with Crippen LogP contribution >= 0.6 is 0 Å². The van der Waals surface area contributed by atoms with Crippen molar-refractivity contribution in [2.24, 2.45) is 0 Å². The van der Waals surface area contributed by atoms with Crippen molar-refractivity contribution in [2.45, 2.75) is 24.8 Å². The first-order valence-corrected chi connectivity index (χ1v) is 10.2. The van der Waals surface area contributed by atoms with Gasteiger partial charge in [-0.05, 0) is 36.9 Å². The fraction of sp³-hybridized carbons (Fsp3) is 0.190. The molecule has 3 rings (SSSR count). The lowest BCUT2D eigenvalue weighted by atomic mass is 10.1. The summed E-state index contributed by atoms with van der Waals surface area (Å²) in [5, 5.41) is 1.73. The predicted octanol–water partition coefficient (Wildman–Crippen LogP) is 3.43. The minimum Gasteiger partial charge on any atom is -0.496 e. The predicted molar refractivity (Wildman–Crippen MR) is 107 cm³/mol. The Hall–Kier alpha value is -2.90. The largest absolute Gasteiger partial charge is 0.496 e. The summed E-state index contributed by atoms with van der Waals surface area (Å²) in [6.45, 7) is 3.13. The number of nitrogens with one attached hydrogen (secondary N) is 1. The first kappa shape index (κ1) is 19.9. The van der Waals surface area contributed by atoms with E-state index in [0.717, 1.165) is 10.8 Å². The zero-order valence-corrected chi connectivity index (χ0v) is 16.6. The molecule has 28 heavy (non-hydrogen) atoms. The highest BCUT2D eigenvalue weighted by atomic mass is 32.2. The molecule has 0 aliphatic carbocycles. The lowest BCUT2D eigenvalue weighted by Crippen LogP contribution is -2.40. The van der Waals surface area contributed by atoms with Crippen molar-refractivity contribution in [3.8, 4) is 11.5 Å². The van der Waals surface area contributed by atoms with E-state index in [-0.39, 0.29) is 10.6 Å². The minimum atomic E-state index is -3.85. The van der Waals surface area contributed by atoms with Gasteiger partial charge in [0, 0.05) is 11.5 Å². The number of benzene rings is 3. The molecular formula is C21H21NO5S. The van der Waals surface area contributed by atoms with Crippen LogP contribution in [0.25, 0.3) is 10.8 Å². The third kappa shape index (κ3) is 4.16. The highest BCUT2D eigenvalue weighted by molar-refractivity contribution is 7.89. The van der Waals surface area contributed by atoms with Gasteiger partial charge in [-0.1, -0.05) is 42.5 Å². The molecule has 0 bridgehead atoms. The standard InChI is InChI=1S/C21H21NO5S/c1-14-8-4-7-11-20(14)28(24,25)22-15(2)21(23)27-17-12-16-9-5-6-10-18(16)19(13-17)26-3/h4-13,15,22H,1-3H3/t15-/m0/s1. The molecule has 0 aromatic heterocycles. The fourth-order valence-corrected chi connectivity index (χ4v) is 4.32. The summed E-state index contributed by atoms with van der Waals surface area (Å²) >= 11 is 0. The number of hydrogen-bond acceptors (Lipinski definition) is 5. The average molecular weight is 399 g/mol. The fourth-order valence-electron chi connectivity index (χ4n) is 2.88. The van der Waals surface area contributed by atoms with Crippen LogP contribution in [0.1, 0.15) is 12.5 Å². The second-order valence-electron chi connectivity index (χ2n) is 6.38. The monoisotopic (exact) mass is 399 g/mol. The van der Waals surface area contributed by atoms with Crippen molar-refractivity contribution in [3.05, 3.63) is 66.2 Å². The van der Waals surface area contributed by atoms with Gasteiger partial charge in [0.15, 0.2) is 0 Å². The highest BCUT2D eigenvalue weighted by Gasteiger charge is 2.25.